The van der Waals surface area contributed by atoms with Crippen molar-refractivity contribution >= 4 is 5.69 Å². The van der Waals surface area contributed by atoms with E-state index in [4.69, 9.17) is 0 Å². The molecule has 0 aromatic carbocycles. The Balaban J connectivity index is 2.03. The first-order valence-corrected chi connectivity index (χ1v) is 7.77. The summed E-state index contributed by atoms with van der Waals surface area (Å²) in [5, 5.41) is 9.52. The van der Waals surface area contributed by atoms with E-state index >= 15 is 0 Å². The van der Waals surface area contributed by atoms with Crippen LogP contribution in [-0.2, 0) is 0 Å². The molecule has 112 valence electrons. The van der Waals surface area contributed by atoms with Crippen LogP contribution < -0.4 is 4.90 Å². The van der Waals surface area contributed by atoms with Crippen LogP contribution in [0.5, 0.6) is 0 Å². The van der Waals surface area contributed by atoms with Crippen molar-refractivity contribution in [2.24, 2.45) is 11.3 Å². The Hall–Kier alpha value is -1.09. The zero-order valence-corrected chi connectivity index (χ0v) is 13.3. The molecule has 1 saturated heterocycles. The van der Waals surface area contributed by atoms with E-state index in [1.54, 1.807) is 6.92 Å². The van der Waals surface area contributed by atoms with Gasteiger partial charge < -0.3 is 10.0 Å². The second kappa shape index (κ2) is 6.13. The van der Waals surface area contributed by atoms with Gasteiger partial charge in [-0.15, -0.1) is 0 Å². The molecule has 1 fully saturated rings. The van der Waals surface area contributed by atoms with Crippen molar-refractivity contribution in [3.63, 3.8) is 0 Å². The molecule has 20 heavy (non-hydrogen) atoms. The first-order valence-electron chi connectivity index (χ1n) is 7.77. The number of hydrogen-bond acceptors (Lipinski definition) is 3. The maximum absolute atomic E-state index is 9.52. The second-order valence-corrected chi connectivity index (χ2v) is 7.10. The second-order valence-electron chi connectivity index (χ2n) is 7.10. The summed E-state index contributed by atoms with van der Waals surface area (Å²) in [6, 6.07) is 4.03. The highest BCUT2D eigenvalue weighted by Gasteiger charge is 2.27. The molecule has 1 aromatic rings. The van der Waals surface area contributed by atoms with Crippen LogP contribution in [0.15, 0.2) is 18.3 Å². The predicted octanol–water partition coefficient (Wildman–Crippen LogP) is 3.79. The van der Waals surface area contributed by atoms with Crippen molar-refractivity contribution in [3.05, 3.63) is 24.0 Å². The number of pyridine rings is 1. The molecule has 1 N–H and O–H groups in total. The molecule has 2 unspecified atom stereocenters. The molecule has 2 rings (SSSR count). The fourth-order valence-corrected chi connectivity index (χ4v) is 3.05. The standard InChI is InChI=1S/C17H28N2O/c1-13(20)16-8-7-15(12-18-16)19-10-5-6-14(9-11-19)17(2,3)4/h7-8,12-14,20H,5-6,9-11H2,1-4H3. The average molecular weight is 276 g/mol. The van der Waals surface area contributed by atoms with E-state index in [0.717, 1.165) is 24.7 Å². The number of rotatable bonds is 2. The molecule has 3 heteroatoms. The van der Waals surface area contributed by atoms with Gasteiger partial charge in [-0.1, -0.05) is 20.8 Å². The summed E-state index contributed by atoms with van der Waals surface area (Å²) in [5.41, 5.74) is 2.34. The van der Waals surface area contributed by atoms with Crippen LogP contribution in [0, 0.1) is 11.3 Å². The molecule has 3 nitrogen and oxygen atoms in total. The van der Waals surface area contributed by atoms with Gasteiger partial charge in [0.1, 0.15) is 0 Å². The van der Waals surface area contributed by atoms with Gasteiger partial charge in [0.05, 0.1) is 23.7 Å². The monoisotopic (exact) mass is 276 g/mol. The Kier molecular flexibility index (Phi) is 4.69. The summed E-state index contributed by atoms with van der Waals surface area (Å²) in [6.45, 7) is 11.0. The van der Waals surface area contributed by atoms with Crippen LogP contribution in [0.4, 0.5) is 5.69 Å². The highest BCUT2D eigenvalue weighted by molar-refractivity contribution is 5.44. The molecular weight excluding hydrogens is 248 g/mol. The Morgan fingerprint density at radius 3 is 2.55 bits per heavy atom. The smallest absolute Gasteiger partial charge is 0.0931 e. The highest BCUT2D eigenvalue weighted by Crippen LogP contribution is 2.35. The zero-order valence-electron chi connectivity index (χ0n) is 13.3. The van der Waals surface area contributed by atoms with Crippen molar-refractivity contribution < 1.29 is 5.11 Å². The molecule has 2 heterocycles. The molecule has 0 radical (unpaired) electrons. The van der Waals surface area contributed by atoms with Gasteiger partial charge in [0, 0.05) is 13.1 Å². The number of aliphatic hydroxyl groups excluding tert-OH is 1. The third kappa shape index (κ3) is 3.72. The third-order valence-corrected chi connectivity index (χ3v) is 4.52. The molecule has 1 aliphatic heterocycles. The van der Waals surface area contributed by atoms with Crippen molar-refractivity contribution in [3.8, 4) is 0 Å². The molecule has 0 spiro atoms. The lowest BCUT2D eigenvalue weighted by atomic mass is 9.77. The van der Waals surface area contributed by atoms with E-state index in [-0.39, 0.29) is 0 Å². The average Bonchev–Trinajstić information content (AvgIpc) is 2.64. The normalized spacial score (nSPS) is 22.4. The molecule has 2 atom stereocenters. The van der Waals surface area contributed by atoms with Gasteiger partial charge in [0.25, 0.3) is 0 Å². The SMILES string of the molecule is CC(O)c1ccc(N2CCCC(C(C)(C)C)CC2)cn1. The van der Waals surface area contributed by atoms with E-state index in [1.165, 1.54) is 24.9 Å². The quantitative estimate of drug-likeness (QED) is 0.893. The molecule has 0 bridgehead atoms. The number of nitrogens with zero attached hydrogens (tertiary/aromatic N) is 2. The van der Waals surface area contributed by atoms with Crippen molar-refractivity contribution in [1.29, 1.82) is 0 Å². The Morgan fingerprint density at radius 2 is 2.00 bits per heavy atom. The predicted molar refractivity (Wildman–Crippen MR) is 83.9 cm³/mol. The number of hydrogen-bond donors (Lipinski definition) is 1. The van der Waals surface area contributed by atoms with E-state index in [0.29, 0.717) is 5.41 Å². The Morgan fingerprint density at radius 1 is 1.25 bits per heavy atom. The van der Waals surface area contributed by atoms with Gasteiger partial charge in [-0.3, -0.25) is 4.98 Å². The van der Waals surface area contributed by atoms with Crippen LogP contribution in [0.25, 0.3) is 0 Å². The summed E-state index contributed by atoms with van der Waals surface area (Å²) in [4.78, 5) is 6.80. The summed E-state index contributed by atoms with van der Waals surface area (Å²) in [6.07, 6.45) is 5.24. The molecule has 1 aliphatic rings. The van der Waals surface area contributed by atoms with E-state index < -0.39 is 6.10 Å². The van der Waals surface area contributed by atoms with Crippen LogP contribution in [0.2, 0.25) is 0 Å². The maximum atomic E-state index is 9.52. The fourth-order valence-electron chi connectivity index (χ4n) is 3.05. The van der Waals surface area contributed by atoms with Crippen molar-refractivity contribution in [2.45, 2.75) is 53.1 Å². The van der Waals surface area contributed by atoms with E-state index in [2.05, 4.69) is 36.7 Å². The first-order chi connectivity index (χ1) is 9.38. The van der Waals surface area contributed by atoms with Gasteiger partial charge in [-0.2, -0.15) is 0 Å². The number of anilines is 1. The third-order valence-electron chi connectivity index (χ3n) is 4.52. The van der Waals surface area contributed by atoms with E-state index in [9.17, 15) is 5.11 Å². The van der Waals surface area contributed by atoms with Gasteiger partial charge in [0.2, 0.25) is 0 Å². The Bertz CT molecular complexity index is 420. The molecular formula is C17H28N2O. The van der Waals surface area contributed by atoms with Crippen LogP contribution >= 0.6 is 0 Å². The minimum Gasteiger partial charge on any atom is -0.387 e. The molecule has 0 amide bonds. The fraction of sp³-hybridized carbons (Fsp3) is 0.706. The zero-order chi connectivity index (χ0) is 14.8. The topological polar surface area (TPSA) is 36.4 Å². The van der Waals surface area contributed by atoms with Gasteiger partial charge in [-0.05, 0) is 49.7 Å². The van der Waals surface area contributed by atoms with Gasteiger partial charge in [-0.25, -0.2) is 0 Å². The number of aliphatic hydroxyl groups is 1. The molecule has 1 aromatic heterocycles. The lowest BCUT2D eigenvalue weighted by Crippen LogP contribution is -2.26. The maximum Gasteiger partial charge on any atom is 0.0931 e. The van der Waals surface area contributed by atoms with E-state index in [1.807, 2.05) is 12.3 Å². The first kappa shape index (κ1) is 15.3. The lowest BCUT2D eigenvalue weighted by molar-refractivity contribution is 0.194. The number of aromatic nitrogens is 1. The van der Waals surface area contributed by atoms with Crippen LogP contribution in [0.1, 0.15) is 58.8 Å². The summed E-state index contributed by atoms with van der Waals surface area (Å²) in [5.74, 6) is 0.803. The minimum atomic E-state index is -0.488. The largest absolute Gasteiger partial charge is 0.387 e. The van der Waals surface area contributed by atoms with Crippen molar-refractivity contribution in [1.82, 2.24) is 4.98 Å². The summed E-state index contributed by atoms with van der Waals surface area (Å²) >= 11 is 0. The van der Waals surface area contributed by atoms with Crippen LogP contribution in [-0.4, -0.2) is 23.2 Å². The molecule has 0 saturated carbocycles. The highest BCUT2D eigenvalue weighted by atomic mass is 16.3. The van der Waals surface area contributed by atoms with Crippen molar-refractivity contribution in [2.75, 3.05) is 18.0 Å². The summed E-state index contributed by atoms with van der Waals surface area (Å²) < 4.78 is 0. The lowest BCUT2D eigenvalue weighted by Gasteiger charge is -2.30. The summed E-state index contributed by atoms with van der Waals surface area (Å²) in [7, 11) is 0. The minimum absolute atomic E-state index is 0.407. The Labute approximate surface area is 123 Å². The van der Waals surface area contributed by atoms with Gasteiger partial charge in [0.15, 0.2) is 0 Å². The van der Waals surface area contributed by atoms with Crippen LogP contribution in [0.3, 0.4) is 0 Å². The molecule has 0 aliphatic carbocycles. The van der Waals surface area contributed by atoms with Gasteiger partial charge >= 0.3 is 0 Å².